The fraction of sp³-hybridized carbons (Fsp3) is 0.750. The van der Waals surface area contributed by atoms with Crippen molar-refractivity contribution in [2.45, 2.75) is 59.3 Å². The first-order valence-corrected chi connectivity index (χ1v) is 7.50. The molecule has 20 heavy (non-hydrogen) atoms. The van der Waals surface area contributed by atoms with Gasteiger partial charge in [0, 0.05) is 18.1 Å². The average Bonchev–Trinajstić information content (AvgIpc) is 2.69. The van der Waals surface area contributed by atoms with Crippen LogP contribution < -0.4 is 5.32 Å². The normalized spacial score (nSPS) is 21.4. The average molecular weight is 280 g/mol. The Morgan fingerprint density at radius 3 is 2.80 bits per heavy atom. The monoisotopic (exact) mass is 280 g/mol. The minimum Gasteiger partial charge on any atom is -0.463 e. The van der Waals surface area contributed by atoms with Gasteiger partial charge in [0.2, 0.25) is 0 Å². The maximum atomic E-state index is 6.02. The summed E-state index contributed by atoms with van der Waals surface area (Å²) < 4.78 is 11.5. The molecule has 0 aliphatic carbocycles. The molecule has 1 aromatic heterocycles. The molecule has 0 amide bonds. The van der Waals surface area contributed by atoms with E-state index in [1.54, 1.807) is 0 Å². The van der Waals surface area contributed by atoms with E-state index in [0.29, 0.717) is 6.04 Å². The van der Waals surface area contributed by atoms with Crippen molar-refractivity contribution < 1.29 is 9.15 Å². The van der Waals surface area contributed by atoms with Crippen LogP contribution in [0.4, 0.5) is 0 Å². The van der Waals surface area contributed by atoms with Crippen molar-refractivity contribution in [1.29, 1.82) is 0 Å². The summed E-state index contributed by atoms with van der Waals surface area (Å²) in [6, 6.07) is 2.63. The van der Waals surface area contributed by atoms with Crippen molar-refractivity contribution in [3.63, 3.8) is 0 Å². The van der Waals surface area contributed by atoms with Crippen molar-refractivity contribution in [3.8, 4) is 0 Å². The molecule has 0 radical (unpaired) electrons. The highest BCUT2D eigenvalue weighted by Gasteiger charge is 2.21. The van der Waals surface area contributed by atoms with Crippen LogP contribution in [0.5, 0.6) is 0 Å². The number of rotatable bonds is 4. The lowest BCUT2D eigenvalue weighted by Crippen LogP contribution is -2.42. The SMILES string of the molecule is Cc1cc(CN2CCOCC2C)oc1CNC(C)(C)C. The van der Waals surface area contributed by atoms with E-state index in [1.807, 2.05) is 0 Å². The predicted molar refractivity (Wildman–Crippen MR) is 80.7 cm³/mol. The quantitative estimate of drug-likeness (QED) is 0.920. The summed E-state index contributed by atoms with van der Waals surface area (Å²) in [4.78, 5) is 2.42. The molecule has 0 saturated carbocycles. The smallest absolute Gasteiger partial charge is 0.120 e. The second-order valence-electron chi connectivity index (χ2n) is 6.82. The third-order valence-corrected chi connectivity index (χ3v) is 3.72. The third kappa shape index (κ3) is 4.33. The first-order valence-electron chi connectivity index (χ1n) is 7.50. The van der Waals surface area contributed by atoms with Crippen LogP contribution in [0.25, 0.3) is 0 Å². The van der Waals surface area contributed by atoms with Gasteiger partial charge < -0.3 is 14.5 Å². The number of morpholine rings is 1. The molecule has 2 rings (SSSR count). The van der Waals surface area contributed by atoms with Gasteiger partial charge in [-0.05, 0) is 46.2 Å². The van der Waals surface area contributed by atoms with Gasteiger partial charge in [0.1, 0.15) is 11.5 Å². The van der Waals surface area contributed by atoms with Gasteiger partial charge in [-0.15, -0.1) is 0 Å². The molecule has 0 aromatic carbocycles. The summed E-state index contributed by atoms with van der Waals surface area (Å²) in [5, 5.41) is 3.48. The zero-order valence-electron chi connectivity index (χ0n) is 13.5. The maximum absolute atomic E-state index is 6.02. The molecule has 4 heteroatoms. The molecule has 2 heterocycles. The summed E-state index contributed by atoms with van der Waals surface area (Å²) in [7, 11) is 0. The predicted octanol–water partition coefficient (Wildman–Crippen LogP) is 2.70. The van der Waals surface area contributed by atoms with Crippen LogP contribution in [0.3, 0.4) is 0 Å². The van der Waals surface area contributed by atoms with Gasteiger partial charge in [0.05, 0.1) is 26.3 Å². The highest BCUT2D eigenvalue weighted by molar-refractivity contribution is 5.20. The van der Waals surface area contributed by atoms with E-state index in [1.165, 1.54) is 5.56 Å². The van der Waals surface area contributed by atoms with E-state index < -0.39 is 0 Å². The van der Waals surface area contributed by atoms with Crippen molar-refractivity contribution in [1.82, 2.24) is 10.2 Å². The maximum Gasteiger partial charge on any atom is 0.120 e. The van der Waals surface area contributed by atoms with Crippen LogP contribution in [0.15, 0.2) is 10.5 Å². The summed E-state index contributed by atoms with van der Waals surface area (Å²) in [5.74, 6) is 2.11. The number of nitrogens with one attached hydrogen (secondary N) is 1. The molecule has 0 bridgehead atoms. The third-order valence-electron chi connectivity index (χ3n) is 3.72. The lowest BCUT2D eigenvalue weighted by atomic mass is 10.1. The Bertz CT molecular complexity index is 434. The number of aryl methyl sites for hydroxylation is 1. The second-order valence-corrected chi connectivity index (χ2v) is 6.82. The topological polar surface area (TPSA) is 37.6 Å². The molecular formula is C16H28N2O2. The highest BCUT2D eigenvalue weighted by atomic mass is 16.5. The number of furan rings is 1. The van der Waals surface area contributed by atoms with E-state index in [-0.39, 0.29) is 5.54 Å². The number of hydrogen-bond acceptors (Lipinski definition) is 4. The first kappa shape index (κ1) is 15.5. The van der Waals surface area contributed by atoms with Gasteiger partial charge in [0.15, 0.2) is 0 Å². The molecule has 1 aliphatic heterocycles. The van der Waals surface area contributed by atoms with Gasteiger partial charge in [-0.2, -0.15) is 0 Å². The Morgan fingerprint density at radius 2 is 2.15 bits per heavy atom. The molecule has 1 N–H and O–H groups in total. The number of hydrogen-bond donors (Lipinski definition) is 1. The van der Waals surface area contributed by atoms with E-state index in [0.717, 1.165) is 44.4 Å². The molecule has 1 saturated heterocycles. The van der Waals surface area contributed by atoms with Crippen LogP contribution in [0.2, 0.25) is 0 Å². The van der Waals surface area contributed by atoms with Crippen LogP contribution in [-0.2, 0) is 17.8 Å². The van der Waals surface area contributed by atoms with Crippen molar-refractivity contribution in [2.24, 2.45) is 0 Å². The summed E-state index contributed by atoms with van der Waals surface area (Å²) in [6.45, 7) is 15.1. The fourth-order valence-corrected chi connectivity index (χ4v) is 2.39. The second kappa shape index (κ2) is 6.29. The van der Waals surface area contributed by atoms with Crippen LogP contribution in [0, 0.1) is 6.92 Å². The molecular weight excluding hydrogens is 252 g/mol. The standard InChI is InChI=1S/C16H28N2O2/c1-12-8-14(10-18-6-7-19-11-13(18)2)20-15(12)9-17-16(3,4)5/h8,13,17H,6-7,9-11H2,1-5H3. The minimum atomic E-state index is 0.109. The van der Waals surface area contributed by atoms with Crippen molar-refractivity contribution >= 4 is 0 Å². The van der Waals surface area contributed by atoms with Gasteiger partial charge in [-0.3, -0.25) is 4.90 Å². The number of ether oxygens (including phenoxy) is 1. The van der Waals surface area contributed by atoms with Crippen LogP contribution in [0.1, 0.15) is 44.8 Å². The van der Waals surface area contributed by atoms with Gasteiger partial charge in [-0.25, -0.2) is 0 Å². The van der Waals surface area contributed by atoms with Gasteiger partial charge in [0.25, 0.3) is 0 Å². The van der Waals surface area contributed by atoms with E-state index in [2.05, 4.69) is 50.9 Å². The molecule has 114 valence electrons. The van der Waals surface area contributed by atoms with E-state index in [9.17, 15) is 0 Å². The Labute approximate surface area is 122 Å². The largest absolute Gasteiger partial charge is 0.463 e. The molecule has 1 fully saturated rings. The Balaban J connectivity index is 1.96. The van der Waals surface area contributed by atoms with E-state index in [4.69, 9.17) is 9.15 Å². The van der Waals surface area contributed by atoms with E-state index >= 15 is 0 Å². The molecule has 1 aromatic rings. The summed E-state index contributed by atoms with van der Waals surface area (Å²) in [6.07, 6.45) is 0. The molecule has 0 spiro atoms. The zero-order chi connectivity index (χ0) is 14.8. The lowest BCUT2D eigenvalue weighted by Gasteiger charge is -2.32. The minimum absolute atomic E-state index is 0.109. The summed E-state index contributed by atoms with van der Waals surface area (Å²) in [5.41, 5.74) is 1.34. The van der Waals surface area contributed by atoms with Crippen molar-refractivity contribution in [2.75, 3.05) is 19.8 Å². The molecule has 1 aliphatic rings. The highest BCUT2D eigenvalue weighted by Crippen LogP contribution is 2.19. The van der Waals surface area contributed by atoms with Crippen LogP contribution >= 0.6 is 0 Å². The molecule has 4 nitrogen and oxygen atoms in total. The molecule has 1 unspecified atom stereocenters. The van der Waals surface area contributed by atoms with Gasteiger partial charge >= 0.3 is 0 Å². The Hall–Kier alpha value is -0.840. The molecule has 1 atom stereocenters. The zero-order valence-corrected chi connectivity index (χ0v) is 13.5. The summed E-state index contributed by atoms with van der Waals surface area (Å²) >= 11 is 0. The van der Waals surface area contributed by atoms with Crippen LogP contribution in [-0.4, -0.2) is 36.2 Å². The Morgan fingerprint density at radius 1 is 1.40 bits per heavy atom. The lowest BCUT2D eigenvalue weighted by molar-refractivity contribution is -0.00723. The van der Waals surface area contributed by atoms with Crippen molar-refractivity contribution in [3.05, 3.63) is 23.2 Å². The number of nitrogens with zero attached hydrogens (tertiary/aromatic N) is 1. The fourth-order valence-electron chi connectivity index (χ4n) is 2.39. The first-order chi connectivity index (χ1) is 9.35. The van der Waals surface area contributed by atoms with Gasteiger partial charge in [-0.1, -0.05) is 0 Å². The Kier molecular flexibility index (Phi) is 4.89.